The molecule has 2 heterocycles. The van der Waals surface area contributed by atoms with Crippen molar-refractivity contribution in [2.75, 3.05) is 20.8 Å². The molecule has 0 unspecified atom stereocenters. The van der Waals surface area contributed by atoms with E-state index in [9.17, 15) is 25.5 Å². The largest absolute Gasteiger partial charge is 0.502 e. The van der Waals surface area contributed by atoms with Gasteiger partial charge in [0.25, 0.3) is 0 Å². The van der Waals surface area contributed by atoms with E-state index in [4.69, 9.17) is 23.4 Å². The van der Waals surface area contributed by atoms with E-state index in [-0.39, 0.29) is 23.0 Å². The van der Waals surface area contributed by atoms with Gasteiger partial charge in [-0.15, -0.1) is 0 Å². The number of phenolic OH excluding ortho intramolecular Hbond substituents is 1. The van der Waals surface area contributed by atoms with Crippen LogP contribution in [0.3, 0.4) is 0 Å². The molecular formula is C20H22O10. The molecule has 2 aromatic carbocycles. The molecule has 0 aliphatic carbocycles. The van der Waals surface area contributed by atoms with Gasteiger partial charge in [0.2, 0.25) is 17.8 Å². The van der Waals surface area contributed by atoms with Crippen molar-refractivity contribution in [3.63, 3.8) is 0 Å². The van der Waals surface area contributed by atoms with Crippen LogP contribution < -0.4 is 14.2 Å². The first-order valence-corrected chi connectivity index (χ1v) is 9.17. The summed E-state index contributed by atoms with van der Waals surface area (Å²) in [5, 5.41) is 50.8. The minimum atomic E-state index is -1.55. The molecule has 1 fully saturated rings. The highest BCUT2D eigenvalue weighted by Gasteiger charge is 2.44. The second-order valence-corrected chi connectivity index (χ2v) is 6.91. The second-order valence-electron chi connectivity index (χ2n) is 6.91. The molecule has 162 valence electrons. The third-order valence-corrected chi connectivity index (χ3v) is 5.15. The van der Waals surface area contributed by atoms with Crippen LogP contribution in [0.1, 0.15) is 0 Å². The van der Waals surface area contributed by atoms with Gasteiger partial charge in [0.1, 0.15) is 35.7 Å². The van der Waals surface area contributed by atoms with Gasteiger partial charge in [0, 0.05) is 16.8 Å². The Balaban J connectivity index is 1.71. The van der Waals surface area contributed by atoms with Crippen molar-refractivity contribution in [2.24, 2.45) is 0 Å². The number of hydrogen-bond acceptors (Lipinski definition) is 10. The van der Waals surface area contributed by atoms with Gasteiger partial charge < -0.3 is 48.9 Å². The standard InChI is InChI=1S/C20H22O10/c1-26-12-6-10-9-4-3-8(5-11(9)29-18(10)19(27-2)15(12)23)28-20-17(25)16(24)14(22)13(7-21)30-20/h3-6,13-14,16-17,20-25H,7H2,1-2H3/t13-,14-,16+,17-,20+/m1/s1. The molecule has 5 atom stereocenters. The second kappa shape index (κ2) is 7.82. The Labute approximate surface area is 170 Å². The smallest absolute Gasteiger partial charge is 0.229 e. The van der Waals surface area contributed by atoms with Crippen LogP contribution in [0.25, 0.3) is 21.9 Å². The van der Waals surface area contributed by atoms with Crippen molar-refractivity contribution in [1.29, 1.82) is 0 Å². The predicted molar refractivity (Wildman–Crippen MR) is 103 cm³/mol. The minimum absolute atomic E-state index is 0.122. The Bertz CT molecular complexity index is 1060. The van der Waals surface area contributed by atoms with Gasteiger partial charge in [-0.2, -0.15) is 0 Å². The molecule has 1 saturated heterocycles. The average molecular weight is 422 g/mol. The number of furan rings is 1. The van der Waals surface area contributed by atoms with Gasteiger partial charge >= 0.3 is 0 Å². The van der Waals surface area contributed by atoms with Crippen molar-refractivity contribution in [2.45, 2.75) is 30.7 Å². The van der Waals surface area contributed by atoms with Crippen LogP contribution in [0.5, 0.6) is 23.0 Å². The maximum absolute atomic E-state index is 10.3. The summed E-state index contributed by atoms with van der Waals surface area (Å²) in [7, 11) is 2.82. The number of aliphatic hydroxyl groups excluding tert-OH is 4. The lowest BCUT2D eigenvalue weighted by Gasteiger charge is -2.39. The van der Waals surface area contributed by atoms with E-state index in [1.807, 2.05) is 0 Å². The van der Waals surface area contributed by atoms with Crippen molar-refractivity contribution < 1.29 is 48.9 Å². The van der Waals surface area contributed by atoms with Gasteiger partial charge in [-0.3, -0.25) is 0 Å². The maximum atomic E-state index is 10.3. The molecular weight excluding hydrogens is 400 g/mol. The molecule has 0 amide bonds. The monoisotopic (exact) mass is 422 g/mol. The van der Waals surface area contributed by atoms with Crippen molar-refractivity contribution in [1.82, 2.24) is 0 Å². The number of benzene rings is 2. The summed E-state index contributed by atoms with van der Waals surface area (Å²) in [4.78, 5) is 0. The zero-order valence-electron chi connectivity index (χ0n) is 16.2. The average Bonchev–Trinajstić information content (AvgIpc) is 3.10. The highest BCUT2D eigenvalue weighted by molar-refractivity contribution is 6.08. The van der Waals surface area contributed by atoms with Crippen molar-refractivity contribution >= 4 is 21.9 Å². The molecule has 0 saturated carbocycles. The summed E-state index contributed by atoms with van der Waals surface area (Å²) in [6.45, 7) is -0.557. The summed E-state index contributed by atoms with van der Waals surface area (Å²) >= 11 is 0. The molecule has 30 heavy (non-hydrogen) atoms. The molecule has 4 rings (SSSR count). The number of methoxy groups -OCH3 is 2. The molecule has 0 spiro atoms. The van der Waals surface area contributed by atoms with E-state index in [2.05, 4.69) is 0 Å². The number of phenols is 1. The van der Waals surface area contributed by atoms with E-state index in [1.165, 1.54) is 14.2 Å². The Kier molecular flexibility index (Phi) is 5.35. The zero-order valence-corrected chi connectivity index (χ0v) is 16.2. The van der Waals surface area contributed by atoms with Crippen LogP contribution in [0.15, 0.2) is 28.7 Å². The van der Waals surface area contributed by atoms with Crippen LogP contribution in [-0.2, 0) is 4.74 Å². The van der Waals surface area contributed by atoms with E-state index in [1.54, 1.807) is 24.3 Å². The minimum Gasteiger partial charge on any atom is -0.502 e. The molecule has 1 aliphatic heterocycles. The molecule has 1 aromatic heterocycles. The van der Waals surface area contributed by atoms with Gasteiger partial charge in [0.05, 0.1) is 20.8 Å². The van der Waals surface area contributed by atoms with Crippen LogP contribution in [0.2, 0.25) is 0 Å². The Morgan fingerprint density at radius 2 is 1.73 bits per heavy atom. The summed E-state index contributed by atoms with van der Waals surface area (Å²) in [6, 6.07) is 6.47. The topological polar surface area (TPSA) is 151 Å². The highest BCUT2D eigenvalue weighted by atomic mass is 16.7. The number of rotatable bonds is 5. The number of fused-ring (bicyclic) bond motifs is 3. The lowest BCUT2D eigenvalue weighted by atomic mass is 9.99. The fourth-order valence-electron chi connectivity index (χ4n) is 3.54. The number of hydrogen-bond donors (Lipinski definition) is 5. The third kappa shape index (κ3) is 3.18. The van der Waals surface area contributed by atoms with Crippen LogP contribution in [-0.4, -0.2) is 77.1 Å². The van der Waals surface area contributed by atoms with Gasteiger partial charge in [0.15, 0.2) is 11.3 Å². The summed E-state index contributed by atoms with van der Waals surface area (Å²) in [6.07, 6.45) is -6.95. The van der Waals surface area contributed by atoms with Gasteiger partial charge in [-0.25, -0.2) is 0 Å². The SMILES string of the molecule is COc1cc2c(oc3cc(O[C@H]4O[C@H](CO)[C@@H](O)[C@H](O)[C@H]4O)ccc32)c(OC)c1O. The Hall–Kier alpha value is -2.76. The summed E-state index contributed by atoms with van der Waals surface area (Å²) < 4.78 is 27.3. The fraction of sp³-hybridized carbons (Fsp3) is 0.400. The number of aromatic hydroxyl groups is 1. The Morgan fingerprint density at radius 3 is 2.40 bits per heavy atom. The van der Waals surface area contributed by atoms with E-state index >= 15 is 0 Å². The number of aliphatic hydroxyl groups is 4. The third-order valence-electron chi connectivity index (χ3n) is 5.15. The van der Waals surface area contributed by atoms with E-state index < -0.39 is 37.3 Å². The molecule has 3 aromatic rings. The van der Waals surface area contributed by atoms with Crippen molar-refractivity contribution in [3.05, 3.63) is 24.3 Å². The van der Waals surface area contributed by atoms with Gasteiger partial charge in [-0.1, -0.05) is 0 Å². The lowest BCUT2D eigenvalue weighted by molar-refractivity contribution is -0.277. The quantitative estimate of drug-likeness (QED) is 0.393. The normalized spacial score (nSPS) is 26.8. The van der Waals surface area contributed by atoms with Gasteiger partial charge in [-0.05, 0) is 18.2 Å². The zero-order chi connectivity index (χ0) is 21.6. The molecule has 10 heteroatoms. The molecule has 0 bridgehead atoms. The van der Waals surface area contributed by atoms with Crippen LogP contribution >= 0.6 is 0 Å². The Morgan fingerprint density at radius 1 is 0.967 bits per heavy atom. The summed E-state index contributed by atoms with van der Waals surface area (Å²) in [5.74, 6) is 0.408. The van der Waals surface area contributed by atoms with E-state index in [0.717, 1.165) is 0 Å². The first-order valence-electron chi connectivity index (χ1n) is 9.17. The fourth-order valence-corrected chi connectivity index (χ4v) is 3.54. The predicted octanol–water partition coefficient (Wildman–Crippen LogP) is 0.487. The first kappa shape index (κ1) is 20.5. The molecule has 10 nitrogen and oxygen atoms in total. The highest BCUT2D eigenvalue weighted by Crippen LogP contribution is 2.46. The van der Waals surface area contributed by atoms with Crippen LogP contribution in [0, 0.1) is 0 Å². The van der Waals surface area contributed by atoms with Crippen molar-refractivity contribution in [3.8, 4) is 23.0 Å². The molecule has 5 N–H and O–H groups in total. The maximum Gasteiger partial charge on any atom is 0.229 e. The molecule has 1 aliphatic rings. The number of ether oxygens (including phenoxy) is 4. The van der Waals surface area contributed by atoms with E-state index in [0.29, 0.717) is 21.9 Å². The lowest BCUT2D eigenvalue weighted by Crippen LogP contribution is -2.60. The van der Waals surface area contributed by atoms with Crippen LogP contribution in [0.4, 0.5) is 0 Å². The molecule has 0 radical (unpaired) electrons. The summed E-state index contributed by atoms with van der Waals surface area (Å²) in [5.41, 5.74) is 0.717. The first-order chi connectivity index (χ1) is 14.4.